The summed E-state index contributed by atoms with van der Waals surface area (Å²) < 4.78 is 0. The molecule has 2 aromatic heterocycles. The average Bonchev–Trinajstić information content (AvgIpc) is 2.65. The van der Waals surface area contributed by atoms with Crippen LogP contribution in [0.15, 0.2) is 60.9 Å². The minimum atomic E-state index is -0.165. The molecule has 0 aliphatic carbocycles. The molecule has 0 fully saturated rings. The second kappa shape index (κ2) is 8.45. The Kier molecular flexibility index (Phi) is 5.81. The highest BCUT2D eigenvalue weighted by Gasteiger charge is 2.18. The molecule has 0 bridgehead atoms. The van der Waals surface area contributed by atoms with Gasteiger partial charge in [-0.05, 0) is 56.2 Å². The van der Waals surface area contributed by atoms with Crippen molar-refractivity contribution in [1.29, 1.82) is 0 Å². The van der Waals surface area contributed by atoms with E-state index in [2.05, 4.69) is 34.3 Å². The Morgan fingerprint density at radius 1 is 0.889 bits per heavy atom. The van der Waals surface area contributed by atoms with Gasteiger partial charge in [0, 0.05) is 18.1 Å². The van der Waals surface area contributed by atoms with Crippen molar-refractivity contribution < 1.29 is 4.79 Å². The van der Waals surface area contributed by atoms with Crippen LogP contribution in [0.4, 0.5) is 10.5 Å². The summed E-state index contributed by atoms with van der Waals surface area (Å²) in [5.74, 6) is 0. The van der Waals surface area contributed by atoms with Gasteiger partial charge >= 0.3 is 6.03 Å². The number of aromatic nitrogens is 2. The number of rotatable bonds is 5. The van der Waals surface area contributed by atoms with Crippen LogP contribution in [0.5, 0.6) is 0 Å². The molecule has 0 atom stereocenters. The number of carbonyl (C=O) groups is 1. The van der Waals surface area contributed by atoms with Gasteiger partial charge in [0.25, 0.3) is 0 Å². The Morgan fingerprint density at radius 3 is 1.85 bits per heavy atom. The maximum absolute atomic E-state index is 13.1. The number of hydrogen-bond donors (Lipinski definition) is 1. The Hall–Kier alpha value is -3.21. The molecular weight excluding hydrogens is 336 g/mol. The molecule has 0 aliphatic heterocycles. The zero-order chi connectivity index (χ0) is 19.2. The Bertz CT molecular complexity index is 846. The zero-order valence-electron chi connectivity index (χ0n) is 15.9. The Morgan fingerprint density at radius 2 is 1.41 bits per heavy atom. The van der Waals surface area contributed by atoms with Gasteiger partial charge in [0.2, 0.25) is 0 Å². The standard InChI is InChI=1S/C22H24N4O/c1-16-12-17(2)21(18(3)13-16)25-22(27)26(14-19-8-4-6-10-23-19)15-20-9-5-7-11-24-20/h4-13H,14-15H2,1-3H3,(H,25,27). The first-order valence-corrected chi connectivity index (χ1v) is 8.96. The maximum atomic E-state index is 13.1. The summed E-state index contributed by atoms with van der Waals surface area (Å²) in [6.07, 6.45) is 3.47. The molecule has 1 aromatic carbocycles. The quantitative estimate of drug-likeness (QED) is 0.721. The number of aryl methyl sites for hydroxylation is 3. The van der Waals surface area contributed by atoms with E-state index in [1.807, 2.05) is 50.2 Å². The van der Waals surface area contributed by atoms with Crippen molar-refractivity contribution >= 4 is 11.7 Å². The van der Waals surface area contributed by atoms with E-state index in [0.29, 0.717) is 13.1 Å². The number of nitrogens with zero attached hydrogens (tertiary/aromatic N) is 3. The summed E-state index contributed by atoms with van der Waals surface area (Å²) in [5, 5.41) is 3.08. The third kappa shape index (κ3) is 4.91. The number of carbonyl (C=O) groups excluding carboxylic acids is 1. The van der Waals surface area contributed by atoms with Crippen molar-refractivity contribution in [2.75, 3.05) is 5.32 Å². The lowest BCUT2D eigenvalue weighted by molar-refractivity contribution is 0.205. The number of pyridine rings is 2. The highest BCUT2D eigenvalue weighted by Crippen LogP contribution is 2.23. The molecule has 2 amide bonds. The van der Waals surface area contributed by atoms with Crippen LogP contribution in [-0.2, 0) is 13.1 Å². The SMILES string of the molecule is Cc1cc(C)c(NC(=O)N(Cc2ccccn2)Cc2ccccn2)c(C)c1. The minimum Gasteiger partial charge on any atom is -0.313 e. The van der Waals surface area contributed by atoms with Crippen molar-refractivity contribution in [1.82, 2.24) is 14.9 Å². The molecule has 0 saturated carbocycles. The molecule has 1 N–H and O–H groups in total. The van der Waals surface area contributed by atoms with Crippen molar-refractivity contribution in [3.05, 3.63) is 89.0 Å². The summed E-state index contributed by atoms with van der Waals surface area (Å²) in [6, 6.07) is 15.4. The summed E-state index contributed by atoms with van der Waals surface area (Å²) in [5.41, 5.74) is 5.81. The molecule has 0 radical (unpaired) electrons. The predicted molar refractivity (Wildman–Crippen MR) is 107 cm³/mol. The molecule has 27 heavy (non-hydrogen) atoms. The number of amides is 2. The normalized spacial score (nSPS) is 10.5. The summed E-state index contributed by atoms with van der Waals surface area (Å²) in [7, 11) is 0. The van der Waals surface area contributed by atoms with Crippen LogP contribution >= 0.6 is 0 Å². The second-order valence-corrected chi connectivity index (χ2v) is 6.70. The summed E-state index contributed by atoms with van der Waals surface area (Å²) in [6.45, 7) is 6.90. The number of hydrogen-bond acceptors (Lipinski definition) is 3. The fourth-order valence-electron chi connectivity index (χ4n) is 3.14. The summed E-state index contributed by atoms with van der Waals surface area (Å²) >= 11 is 0. The largest absolute Gasteiger partial charge is 0.322 e. The first-order chi connectivity index (χ1) is 13.0. The van der Waals surface area contributed by atoms with E-state index in [0.717, 1.165) is 28.2 Å². The van der Waals surface area contributed by atoms with Gasteiger partial charge in [0.15, 0.2) is 0 Å². The van der Waals surface area contributed by atoms with Crippen LogP contribution in [0, 0.1) is 20.8 Å². The molecule has 2 heterocycles. The van der Waals surface area contributed by atoms with Crippen LogP contribution in [0.3, 0.4) is 0 Å². The van der Waals surface area contributed by atoms with Crippen LogP contribution in [0.1, 0.15) is 28.1 Å². The van der Waals surface area contributed by atoms with Crippen molar-refractivity contribution in [3.8, 4) is 0 Å². The predicted octanol–water partition coefficient (Wildman–Crippen LogP) is 4.64. The lowest BCUT2D eigenvalue weighted by atomic mass is 10.1. The Labute approximate surface area is 160 Å². The maximum Gasteiger partial charge on any atom is 0.322 e. The van der Waals surface area contributed by atoms with E-state index in [-0.39, 0.29) is 6.03 Å². The fourth-order valence-corrected chi connectivity index (χ4v) is 3.14. The Balaban J connectivity index is 1.84. The van der Waals surface area contributed by atoms with Gasteiger partial charge < -0.3 is 10.2 Å². The molecule has 0 saturated heterocycles. The van der Waals surface area contributed by atoms with Gasteiger partial charge in [-0.1, -0.05) is 29.8 Å². The molecule has 3 rings (SSSR count). The molecule has 138 valence electrons. The molecule has 3 aromatic rings. The number of nitrogens with one attached hydrogen (secondary N) is 1. The molecule has 0 unspecified atom stereocenters. The smallest absolute Gasteiger partial charge is 0.313 e. The molecule has 0 spiro atoms. The van der Waals surface area contributed by atoms with E-state index in [4.69, 9.17) is 0 Å². The van der Waals surface area contributed by atoms with Crippen molar-refractivity contribution in [3.63, 3.8) is 0 Å². The van der Waals surface area contributed by atoms with E-state index >= 15 is 0 Å². The fraction of sp³-hybridized carbons (Fsp3) is 0.227. The number of urea groups is 1. The topological polar surface area (TPSA) is 58.1 Å². The molecule has 0 aliphatic rings. The highest BCUT2D eigenvalue weighted by molar-refractivity contribution is 5.91. The van der Waals surface area contributed by atoms with Gasteiger partial charge in [0.05, 0.1) is 24.5 Å². The van der Waals surface area contributed by atoms with E-state index in [9.17, 15) is 4.79 Å². The third-order valence-electron chi connectivity index (χ3n) is 4.35. The van der Waals surface area contributed by atoms with Gasteiger partial charge in [-0.3, -0.25) is 9.97 Å². The minimum absolute atomic E-state index is 0.165. The summed E-state index contributed by atoms with van der Waals surface area (Å²) in [4.78, 5) is 23.5. The van der Waals surface area contributed by atoms with Crippen LogP contribution in [0.2, 0.25) is 0 Å². The van der Waals surface area contributed by atoms with Gasteiger partial charge in [-0.25, -0.2) is 4.79 Å². The lowest BCUT2D eigenvalue weighted by Gasteiger charge is -2.24. The molecule has 5 nitrogen and oxygen atoms in total. The van der Waals surface area contributed by atoms with E-state index in [1.54, 1.807) is 17.3 Å². The highest BCUT2D eigenvalue weighted by atomic mass is 16.2. The number of anilines is 1. The van der Waals surface area contributed by atoms with Crippen LogP contribution < -0.4 is 5.32 Å². The lowest BCUT2D eigenvalue weighted by Crippen LogP contribution is -2.35. The molecule has 5 heteroatoms. The first-order valence-electron chi connectivity index (χ1n) is 8.96. The van der Waals surface area contributed by atoms with Gasteiger partial charge in [-0.2, -0.15) is 0 Å². The van der Waals surface area contributed by atoms with E-state index < -0.39 is 0 Å². The van der Waals surface area contributed by atoms with Crippen molar-refractivity contribution in [2.24, 2.45) is 0 Å². The van der Waals surface area contributed by atoms with Crippen LogP contribution in [-0.4, -0.2) is 20.9 Å². The zero-order valence-corrected chi connectivity index (χ0v) is 15.9. The average molecular weight is 360 g/mol. The molecular formula is C22H24N4O. The van der Waals surface area contributed by atoms with E-state index in [1.165, 1.54) is 5.56 Å². The first kappa shape index (κ1) is 18.6. The van der Waals surface area contributed by atoms with Crippen LogP contribution in [0.25, 0.3) is 0 Å². The third-order valence-corrected chi connectivity index (χ3v) is 4.35. The monoisotopic (exact) mass is 360 g/mol. The van der Waals surface area contributed by atoms with Gasteiger partial charge in [-0.15, -0.1) is 0 Å². The van der Waals surface area contributed by atoms with Gasteiger partial charge in [0.1, 0.15) is 0 Å². The van der Waals surface area contributed by atoms with Crippen molar-refractivity contribution in [2.45, 2.75) is 33.9 Å². The second-order valence-electron chi connectivity index (χ2n) is 6.70. The number of benzene rings is 1.